The fraction of sp³-hybridized carbons (Fsp3) is 0.273. The number of carbonyl (C=O) groups excluding carboxylic acids is 1. The number of aromatic nitrogens is 1. The molecule has 2 aromatic heterocycles. The van der Waals surface area contributed by atoms with Gasteiger partial charge in [-0.1, -0.05) is 29.0 Å². The molecule has 0 aromatic carbocycles. The molecule has 7 heteroatoms. The van der Waals surface area contributed by atoms with E-state index in [1.54, 1.807) is 11.3 Å². The van der Waals surface area contributed by atoms with Crippen LogP contribution in [-0.2, 0) is 4.74 Å². The lowest BCUT2D eigenvalue weighted by molar-refractivity contribution is 0.0606. The molecule has 2 aromatic rings. The third-order valence-electron chi connectivity index (χ3n) is 2.27. The Bertz CT molecular complexity index is 539. The summed E-state index contributed by atoms with van der Waals surface area (Å²) in [6.07, 6.45) is 0. The van der Waals surface area contributed by atoms with E-state index >= 15 is 0 Å². The minimum absolute atomic E-state index is 0.123. The fourth-order valence-corrected chi connectivity index (χ4v) is 3.30. The van der Waals surface area contributed by atoms with Gasteiger partial charge in [0.1, 0.15) is 0 Å². The number of nitrogens with one attached hydrogen (secondary N) is 1. The van der Waals surface area contributed by atoms with Crippen LogP contribution in [0.5, 0.6) is 0 Å². The number of halogens is 1. The summed E-state index contributed by atoms with van der Waals surface area (Å²) in [6, 6.07) is 4.16. The number of nitrogens with zero attached hydrogens (tertiary/aromatic N) is 1. The van der Waals surface area contributed by atoms with Gasteiger partial charge < -0.3 is 10.1 Å². The second kappa shape index (κ2) is 5.69. The van der Waals surface area contributed by atoms with E-state index in [4.69, 9.17) is 11.6 Å². The van der Waals surface area contributed by atoms with Crippen LogP contribution >= 0.6 is 34.3 Å². The number of hydrogen-bond donors (Lipinski definition) is 1. The highest BCUT2D eigenvalue weighted by molar-refractivity contribution is 7.18. The lowest BCUT2D eigenvalue weighted by Gasteiger charge is -2.09. The summed E-state index contributed by atoms with van der Waals surface area (Å²) in [4.78, 5) is 17.0. The summed E-state index contributed by atoms with van der Waals surface area (Å²) < 4.78 is 4.63. The van der Waals surface area contributed by atoms with Crippen molar-refractivity contribution >= 4 is 45.4 Å². The topological polar surface area (TPSA) is 51.2 Å². The van der Waals surface area contributed by atoms with Crippen LogP contribution in [0.4, 0.5) is 5.13 Å². The molecule has 0 spiro atoms. The molecule has 0 bridgehead atoms. The van der Waals surface area contributed by atoms with E-state index in [0.29, 0.717) is 10.0 Å². The molecule has 2 rings (SSSR count). The van der Waals surface area contributed by atoms with Gasteiger partial charge in [0.2, 0.25) is 0 Å². The lowest BCUT2D eigenvalue weighted by atomic mass is 10.3. The summed E-state index contributed by atoms with van der Waals surface area (Å²) in [5.74, 6) is -0.464. The van der Waals surface area contributed by atoms with E-state index in [1.165, 1.54) is 23.3 Å². The van der Waals surface area contributed by atoms with Crippen LogP contribution in [0, 0.1) is 0 Å². The number of thiazole rings is 1. The molecule has 0 aliphatic carbocycles. The van der Waals surface area contributed by atoms with Gasteiger partial charge in [0.15, 0.2) is 15.2 Å². The number of ether oxygens (including phenoxy) is 1. The van der Waals surface area contributed by atoms with Crippen molar-refractivity contribution in [2.75, 3.05) is 12.4 Å². The number of anilines is 1. The van der Waals surface area contributed by atoms with Gasteiger partial charge in [-0.3, -0.25) is 0 Å². The first-order valence-corrected chi connectivity index (χ1v) is 7.23. The number of rotatable bonds is 4. The molecule has 1 atom stereocenters. The molecule has 2 heterocycles. The molecule has 0 amide bonds. The van der Waals surface area contributed by atoms with Gasteiger partial charge in [-0.05, 0) is 18.4 Å². The molecule has 96 valence electrons. The summed E-state index contributed by atoms with van der Waals surface area (Å²) in [5, 5.41) is 6.01. The first-order chi connectivity index (χ1) is 8.61. The van der Waals surface area contributed by atoms with Crippen molar-refractivity contribution in [1.29, 1.82) is 0 Å². The van der Waals surface area contributed by atoms with Crippen molar-refractivity contribution in [3.63, 3.8) is 0 Å². The maximum atomic E-state index is 11.4. The van der Waals surface area contributed by atoms with Crippen molar-refractivity contribution < 1.29 is 9.53 Å². The molecule has 0 aliphatic rings. The summed E-state index contributed by atoms with van der Waals surface area (Å²) in [5.41, 5.74) is 0. The minimum Gasteiger partial charge on any atom is -0.465 e. The standard InChI is InChI=1S/C11H11ClN2O2S2/c1-6(7-4-3-5-17-7)13-11-14-9(12)8(18-11)10(15)16-2/h3-6H,1-2H3,(H,13,14). The minimum atomic E-state index is -0.464. The molecule has 18 heavy (non-hydrogen) atoms. The SMILES string of the molecule is COC(=O)c1sc(NC(C)c2cccs2)nc1Cl. The second-order valence-electron chi connectivity index (χ2n) is 3.51. The lowest BCUT2D eigenvalue weighted by Crippen LogP contribution is -2.04. The average molecular weight is 303 g/mol. The van der Waals surface area contributed by atoms with Crippen molar-refractivity contribution in [3.8, 4) is 0 Å². The van der Waals surface area contributed by atoms with Crippen LogP contribution in [0.1, 0.15) is 27.5 Å². The van der Waals surface area contributed by atoms with Crippen LogP contribution in [0.3, 0.4) is 0 Å². The first kappa shape index (κ1) is 13.3. The molecule has 0 radical (unpaired) electrons. The van der Waals surface area contributed by atoms with E-state index < -0.39 is 5.97 Å². The Balaban J connectivity index is 2.13. The predicted octanol–water partition coefficient (Wildman–Crippen LogP) is 3.82. The highest BCUT2D eigenvalue weighted by atomic mass is 35.5. The van der Waals surface area contributed by atoms with E-state index in [2.05, 4.69) is 15.0 Å². The van der Waals surface area contributed by atoms with Gasteiger partial charge in [0.25, 0.3) is 0 Å². The van der Waals surface area contributed by atoms with E-state index in [1.807, 2.05) is 24.4 Å². The maximum absolute atomic E-state index is 11.4. The second-order valence-corrected chi connectivity index (χ2v) is 5.85. The Morgan fingerprint density at radius 2 is 2.39 bits per heavy atom. The summed E-state index contributed by atoms with van der Waals surface area (Å²) in [6.45, 7) is 2.03. The van der Waals surface area contributed by atoms with Gasteiger partial charge in [-0.25, -0.2) is 9.78 Å². The van der Waals surface area contributed by atoms with Gasteiger partial charge in [0, 0.05) is 4.88 Å². The average Bonchev–Trinajstić information content (AvgIpc) is 2.97. The molecular weight excluding hydrogens is 292 g/mol. The first-order valence-electron chi connectivity index (χ1n) is 5.16. The van der Waals surface area contributed by atoms with Gasteiger partial charge in [-0.2, -0.15) is 0 Å². The zero-order chi connectivity index (χ0) is 13.1. The van der Waals surface area contributed by atoms with Crippen LogP contribution in [0.2, 0.25) is 5.15 Å². The number of thiophene rings is 1. The smallest absolute Gasteiger partial charge is 0.351 e. The van der Waals surface area contributed by atoms with E-state index in [0.717, 1.165) is 0 Å². The van der Waals surface area contributed by atoms with Crippen LogP contribution in [-0.4, -0.2) is 18.1 Å². The highest BCUT2D eigenvalue weighted by Gasteiger charge is 2.18. The Kier molecular flexibility index (Phi) is 4.21. The quantitative estimate of drug-likeness (QED) is 0.872. The molecule has 1 unspecified atom stereocenters. The molecular formula is C11H11ClN2O2S2. The number of esters is 1. The molecule has 0 aliphatic heterocycles. The van der Waals surface area contributed by atoms with Gasteiger partial charge >= 0.3 is 5.97 Å². The highest BCUT2D eigenvalue weighted by Crippen LogP contribution is 2.30. The van der Waals surface area contributed by atoms with Gasteiger partial charge in [0.05, 0.1) is 13.2 Å². The van der Waals surface area contributed by atoms with Crippen LogP contribution in [0.15, 0.2) is 17.5 Å². The third kappa shape index (κ3) is 2.82. The zero-order valence-corrected chi connectivity index (χ0v) is 12.2. The summed E-state index contributed by atoms with van der Waals surface area (Å²) in [7, 11) is 1.32. The monoisotopic (exact) mass is 302 g/mol. The molecule has 1 N–H and O–H groups in total. The number of carbonyl (C=O) groups is 1. The van der Waals surface area contributed by atoms with Gasteiger partial charge in [-0.15, -0.1) is 11.3 Å². The molecule has 0 saturated carbocycles. The predicted molar refractivity (Wildman–Crippen MR) is 74.8 cm³/mol. The number of methoxy groups -OCH3 is 1. The Morgan fingerprint density at radius 1 is 1.61 bits per heavy atom. The Labute approximate surface area is 118 Å². The largest absolute Gasteiger partial charge is 0.465 e. The van der Waals surface area contributed by atoms with Crippen LogP contribution < -0.4 is 5.32 Å². The zero-order valence-electron chi connectivity index (χ0n) is 9.77. The van der Waals surface area contributed by atoms with Crippen molar-refractivity contribution in [3.05, 3.63) is 32.4 Å². The van der Waals surface area contributed by atoms with E-state index in [9.17, 15) is 4.79 Å². The van der Waals surface area contributed by atoms with Crippen molar-refractivity contribution in [1.82, 2.24) is 4.98 Å². The Morgan fingerprint density at radius 3 is 3.00 bits per heavy atom. The Hall–Kier alpha value is -1.11. The molecule has 0 fully saturated rings. The fourth-order valence-electron chi connectivity index (χ4n) is 1.38. The van der Waals surface area contributed by atoms with Crippen molar-refractivity contribution in [2.24, 2.45) is 0 Å². The molecule has 4 nitrogen and oxygen atoms in total. The van der Waals surface area contributed by atoms with Crippen molar-refractivity contribution in [2.45, 2.75) is 13.0 Å². The normalized spacial score (nSPS) is 12.2. The maximum Gasteiger partial charge on any atom is 0.351 e. The summed E-state index contributed by atoms with van der Waals surface area (Å²) >= 11 is 8.74. The van der Waals surface area contributed by atoms with E-state index in [-0.39, 0.29) is 11.2 Å². The third-order valence-corrected chi connectivity index (χ3v) is 4.67. The van der Waals surface area contributed by atoms with Crippen LogP contribution in [0.25, 0.3) is 0 Å². The molecule has 0 saturated heterocycles. The number of hydrogen-bond acceptors (Lipinski definition) is 6.